The van der Waals surface area contributed by atoms with Crippen LogP contribution in [0.3, 0.4) is 0 Å². The molecular weight excluding hydrogens is 208 g/mol. The van der Waals surface area contributed by atoms with Crippen molar-refractivity contribution in [3.63, 3.8) is 0 Å². The normalized spacial score (nSPS) is 46.9. The van der Waals surface area contributed by atoms with Crippen LogP contribution in [0.4, 0.5) is 0 Å². The highest BCUT2D eigenvalue weighted by molar-refractivity contribution is 5.19. The molecule has 4 bridgehead atoms. The van der Waals surface area contributed by atoms with Gasteiger partial charge < -0.3 is 4.74 Å². The van der Waals surface area contributed by atoms with Gasteiger partial charge in [-0.2, -0.15) is 0 Å². The van der Waals surface area contributed by atoms with Crippen molar-refractivity contribution in [1.29, 1.82) is 0 Å². The maximum atomic E-state index is 6.28. The molecule has 94 valence electrons. The molecule has 1 heteroatoms. The van der Waals surface area contributed by atoms with Crippen LogP contribution < -0.4 is 0 Å². The van der Waals surface area contributed by atoms with Gasteiger partial charge in [0.25, 0.3) is 0 Å². The SMILES string of the molecule is C=C(C)C(=C)OC1(C)C2CC3CC(C2)CC1C3. The molecule has 17 heavy (non-hydrogen) atoms. The van der Waals surface area contributed by atoms with Crippen LogP contribution in [0.5, 0.6) is 0 Å². The number of hydrogen-bond acceptors (Lipinski definition) is 1. The van der Waals surface area contributed by atoms with E-state index in [0.29, 0.717) is 0 Å². The first-order chi connectivity index (χ1) is 7.99. The topological polar surface area (TPSA) is 9.23 Å². The highest BCUT2D eigenvalue weighted by Gasteiger charge is 2.56. The van der Waals surface area contributed by atoms with Crippen molar-refractivity contribution in [2.75, 3.05) is 0 Å². The lowest BCUT2D eigenvalue weighted by Crippen LogP contribution is -2.57. The van der Waals surface area contributed by atoms with Crippen molar-refractivity contribution in [2.24, 2.45) is 23.7 Å². The Hall–Kier alpha value is -0.720. The first kappa shape index (κ1) is 11.4. The Morgan fingerprint density at radius 2 is 1.47 bits per heavy atom. The highest BCUT2D eigenvalue weighted by Crippen LogP contribution is 2.59. The van der Waals surface area contributed by atoms with Gasteiger partial charge in [0, 0.05) is 0 Å². The summed E-state index contributed by atoms with van der Waals surface area (Å²) in [4.78, 5) is 0. The third kappa shape index (κ3) is 1.66. The predicted octanol–water partition coefficient (Wildman–Crippen LogP) is 4.31. The van der Waals surface area contributed by atoms with E-state index in [0.717, 1.165) is 35.0 Å². The summed E-state index contributed by atoms with van der Waals surface area (Å²) in [6.07, 6.45) is 7.02. The van der Waals surface area contributed by atoms with Gasteiger partial charge in [-0.1, -0.05) is 13.2 Å². The van der Waals surface area contributed by atoms with Crippen LogP contribution in [-0.4, -0.2) is 5.60 Å². The molecule has 0 aromatic rings. The third-order valence-electron chi connectivity index (χ3n) is 5.58. The van der Waals surface area contributed by atoms with Crippen LogP contribution in [-0.2, 0) is 4.74 Å². The van der Waals surface area contributed by atoms with E-state index in [4.69, 9.17) is 4.74 Å². The van der Waals surface area contributed by atoms with Crippen molar-refractivity contribution in [3.05, 3.63) is 24.5 Å². The molecule has 0 aromatic carbocycles. The summed E-state index contributed by atoms with van der Waals surface area (Å²) in [5.74, 6) is 4.31. The van der Waals surface area contributed by atoms with Crippen molar-refractivity contribution < 1.29 is 4.74 Å². The van der Waals surface area contributed by atoms with Crippen LogP contribution in [0.15, 0.2) is 24.5 Å². The fourth-order valence-corrected chi connectivity index (χ4v) is 4.64. The minimum Gasteiger partial charge on any atom is -0.487 e. The van der Waals surface area contributed by atoms with Gasteiger partial charge in [-0.15, -0.1) is 0 Å². The Morgan fingerprint density at radius 1 is 1.00 bits per heavy atom. The Kier molecular flexibility index (Phi) is 2.43. The lowest BCUT2D eigenvalue weighted by atomic mass is 9.50. The maximum Gasteiger partial charge on any atom is 0.115 e. The van der Waals surface area contributed by atoms with Gasteiger partial charge in [0.05, 0.1) is 0 Å². The Labute approximate surface area is 105 Å². The minimum atomic E-state index is 0.0451. The standard InChI is InChI=1S/C16H24O/c1-10(2)11(3)17-16(4)14-6-12-5-13(8-14)9-15(16)7-12/h12-15H,1,3,5-9H2,2,4H3. The van der Waals surface area contributed by atoms with Gasteiger partial charge in [0.1, 0.15) is 11.4 Å². The fourth-order valence-electron chi connectivity index (χ4n) is 4.64. The largest absolute Gasteiger partial charge is 0.487 e. The predicted molar refractivity (Wildman–Crippen MR) is 70.5 cm³/mol. The molecule has 4 aliphatic carbocycles. The van der Waals surface area contributed by atoms with E-state index in [9.17, 15) is 0 Å². The van der Waals surface area contributed by atoms with Crippen molar-refractivity contribution in [2.45, 2.75) is 51.6 Å². The summed E-state index contributed by atoms with van der Waals surface area (Å²) in [7, 11) is 0. The Balaban J connectivity index is 1.82. The Bertz CT molecular complexity index is 338. The van der Waals surface area contributed by atoms with Gasteiger partial charge in [0.2, 0.25) is 0 Å². The van der Waals surface area contributed by atoms with Gasteiger partial charge in [-0.25, -0.2) is 0 Å². The van der Waals surface area contributed by atoms with Crippen LogP contribution in [0.25, 0.3) is 0 Å². The van der Waals surface area contributed by atoms with Crippen LogP contribution in [0.1, 0.15) is 46.0 Å². The molecule has 4 aliphatic rings. The number of hydrogen-bond donors (Lipinski definition) is 0. The molecule has 0 amide bonds. The quantitative estimate of drug-likeness (QED) is 0.520. The van der Waals surface area contributed by atoms with Crippen molar-refractivity contribution in [1.82, 2.24) is 0 Å². The average Bonchev–Trinajstić information content (AvgIpc) is 2.25. The molecule has 0 aliphatic heterocycles. The summed E-state index contributed by atoms with van der Waals surface area (Å²) in [5, 5.41) is 0. The zero-order valence-corrected chi connectivity index (χ0v) is 11.2. The van der Waals surface area contributed by atoms with Crippen molar-refractivity contribution in [3.8, 4) is 0 Å². The van der Waals surface area contributed by atoms with E-state index < -0.39 is 0 Å². The first-order valence-electron chi connectivity index (χ1n) is 7.03. The van der Waals surface area contributed by atoms with Crippen LogP contribution >= 0.6 is 0 Å². The maximum absolute atomic E-state index is 6.28. The molecule has 0 unspecified atom stereocenters. The Morgan fingerprint density at radius 3 is 1.88 bits per heavy atom. The van der Waals surface area contributed by atoms with E-state index in [1.54, 1.807) is 0 Å². The molecule has 4 rings (SSSR count). The molecule has 4 fully saturated rings. The molecular formula is C16H24O. The summed E-state index contributed by atoms with van der Waals surface area (Å²) in [6.45, 7) is 12.3. The third-order valence-corrected chi connectivity index (χ3v) is 5.58. The highest BCUT2D eigenvalue weighted by atomic mass is 16.5. The second-order valence-electron chi connectivity index (χ2n) is 6.79. The zero-order valence-electron chi connectivity index (χ0n) is 11.2. The second kappa shape index (κ2) is 3.63. The minimum absolute atomic E-state index is 0.0451. The zero-order chi connectivity index (χ0) is 12.2. The van der Waals surface area contributed by atoms with Crippen LogP contribution in [0.2, 0.25) is 0 Å². The summed E-state index contributed by atoms with van der Waals surface area (Å²) < 4.78 is 6.28. The summed E-state index contributed by atoms with van der Waals surface area (Å²) in [6, 6.07) is 0. The van der Waals surface area contributed by atoms with Crippen LogP contribution in [0, 0.1) is 23.7 Å². The lowest BCUT2D eigenvalue weighted by molar-refractivity contribution is -0.171. The van der Waals surface area contributed by atoms with Gasteiger partial charge in [0.15, 0.2) is 0 Å². The molecule has 0 atom stereocenters. The number of allylic oxidation sites excluding steroid dienone is 1. The number of ether oxygens (including phenoxy) is 1. The van der Waals surface area contributed by atoms with Gasteiger partial charge in [-0.05, 0) is 75.2 Å². The molecule has 0 saturated heterocycles. The van der Waals surface area contributed by atoms with Crippen molar-refractivity contribution >= 4 is 0 Å². The monoisotopic (exact) mass is 232 g/mol. The molecule has 1 nitrogen and oxygen atoms in total. The average molecular weight is 232 g/mol. The van der Waals surface area contributed by atoms with E-state index >= 15 is 0 Å². The van der Waals surface area contributed by atoms with E-state index in [1.165, 1.54) is 32.1 Å². The van der Waals surface area contributed by atoms with Gasteiger partial charge >= 0.3 is 0 Å². The molecule has 4 saturated carbocycles. The van der Waals surface area contributed by atoms with E-state index in [2.05, 4.69) is 20.1 Å². The molecule has 0 spiro atoms. The van der Waals surface area contributed by atoms with E-state index in [1.807, 2.05) is 6.92 Å². The molecule has 0 N–H and O–H groups in total. The number of rotatable bonds is 3. The van der Waals surface area contributed by atoms with Gasteiger partial charge in [-0.3, -0.25) is 0 Å². The van der Waals surface area contributed by atoms with E-state index in [-0.39, 0.29) is 5.60 Å². The second-order valence-corrected chi connectivity index (χ2v) is 6.79. The fraction of sp³-hybridized carbons (Fsp3) is 0.750. The molecule has 0 aromatic heterocycles. The molecule has 0 heterocycles. The smallest absolute Gasteiger partial charge is 0.115 e. The lowest BCUT2D eigenvalue weighted by Gasteiger charge is -2.59. The summed E-state index contributed by atoms with van der Waals surface area (Å²) >= 11 is 0. The summed E-state index contributed by atoms with van der Waals surface area (Å²) in [5.41, 5.74) is 1.02. The molecule has 0 radical (unpaired) electrons. The first-order valence-corrected chi connectivity index (χ1v) is 7.03.